The van der Waals surface area contributed by atoms with Crippen LogP contribution >= 0.6 is 15.9 Å². The third-order valence-electron chi connectivity index (χ3n) is 2.81. The van der Waals surface area contributed by atoms with E-state index in [-0.39, 0.29) is 12.5 Å². The zero-order valence-electron chi connectivity index (χ0n) is 11.9. The van der Waals surface area contributed by atoms with Crippen molar-refractivity contribution in [2.24, 2.45) is 0 Å². The van der Waals surface area contributed by atoms with Gasteiger partial charge in [0, 0.05) is 4.47 Å². The molecule has 2 aromatic carbocycles. The molecule has 0 heterocycles. The highest BCUT2D eigenvalue weighted by atomic mass is 79.9. The Hall–Kier alpha value is -2.01. The molecule has 0 aliphatic carbocycles. The number of aryl methyl sites for hydroxylation is 1. The van der Waals surface area contributed by atoms with E-state index in [9.17, 15) is 4.79 Å². The van der Waals surface area contributed by atoms with Crippen molar-refractivity contribution >= 4 is 27.5 Å². The highest BCUT2D eigenvalue weighted by molar-refractivity contribution is 9.10. The monoisotopic (exact) mass is 349 g/mol. The van der Waals surface area contributed by atoms with Gasteiger partial charge in [-0.1, -0.05) is 22.0 Å². The molecule has 0 bridgehead atoms. The number of hydrogen-bond acceptors (Lipinski definition) is 3. The van der Waals surface area contributed by atoms with Crippen molar-refractivity contribution in [2.75, 3.05) is 19.0 Å². The van der Waals surface area contributed by atoms with E-state index in [2.05, 4.69) is 21.2 Å². The van der Waals surface area contributed by atoms with Crippen LogP contribution in [0.2, 0.25) is 0 Å². The van der Waals surface area contributed by atoms with Crippen LogP contribution in [-0.2, 0) is 4.79 Å². The maximum absolute atomic E-state index is 11.9. The van der Waals surface area contributed by atoms with Gasteiger partial charge in [-0.3, -0.25) is 4.79 Å². The fourth-order valence-electron chi connectivity index (χ4n) is 1.79. The van der Waals surface area contributed by atoms with Crippen LogP contribution in [0.5, 0.6) is 11.5 Å². The van der Waals surface area contributed by atoms with Gasteiger partial charge < -0.3 is 14.8 Å². The number of carbonyl (C=O) groups excluding carboxylic acids is 1. The first kappa shape index (κ1) is 15.4. The highest BCUT2D eigenvalue weighted by Crippen LogP contribution is 2.25. The molecule has 2 aromatic rings. The Kier molecular flexibility index (Phi) is 5.22. The summed E-state index contributed by atoms with van der Waals surface area (Å²) in [5.74, 6) is 1.03. The minimum absolute atomic E-state index is 0.0568. The molecule has 21 heavy (non-hydrogen) atoms. The summed E-state index contributed by atoms with van der Waals surface area (Å²) >= 11 is 3.34. The van der Waals surface area contributed by atoms with Crippen LogP contribution in [-0.4, -0.2) is 19.6 Å². The molecule has 5 heteroatoms. The number of nitrogens with one attached hydrogen (secondary N) is 1. The summed E-state index contributed by atoms with van der Waals surface area (Å²) in [6.07, 6.45) is 0. The number of hydrogen-bond donors (Lipinski definition) is 1. The minimum atomic E-state index is -0.234. The predicted molar refractivity (Wildman–Crippen MR) is 86.0 cm³/mol. The minimum Gasteiger partial charge on any atom is -0.495 e. The number of rotatable bonds is 5. The second-order valence-electron chi connectivity index (χ2n) is 4.49. The average molecular weight is 350 g/mol. The van der Waals surface area contributed by atoms with E-state index in [1.165, 1.54) is 0 Å². The predicted octanol–water partition coefficient (Wildman–Crippen LogP) is 3.78. The summed E-state index contributed by atoms with van der Waals surface area (Å²) in [7, 11) is 1.57. The van der Waals surface area contributed by atoms with Gasteiger partial charge >= 0.3 is 0 Å². The Morgan fingerprint density at radius 3 is 2.57 bits per heavy atom. The molecule has 0 radical (unpaired) electrons. The summed E-state index contributed by atoms with van der Waals surface area (Å²) in [6, 6.07) is 12.9. The van der Waals surface area contributed by atoms with Gasteiger partial charge in [-0.05, 0) is 48.9 Å². The molecule has 2 rings (SSSR count). The summed E-state index contributed by atoms with van der Waals surface area (Å²) in [6.45, 7) is 1.89. The van der Waals surface area contributed by atoms with Gasteiger partial charge in [0.05, 0.1) is 12.8 Å². The Bertz CT molecular complexity index is 626. The largest absolute Gasteiger partial charge is 0.495 e. The fourth-order valence-corrected chi connectivity index (χ4v) is 2.05. The van der Waals surface area contributed by atoms with Gasteiger partial charge in [-0.15, -0.1) is 0 Å². The SMILES string of the molecule is COc1ccc(C)cc1NC(=O)COc1ccc(Br)cc1. The molecular formula is C16H16BrNO3. The first-order valence-corrected chi connectivity index (χ1v) is 7.20. The number of benzene rings is 2. The van der Waals surface area contributed by atoms with Crippen LogP contribution in [0.4, 0.5) is 5.69 Å². The van der Waals surface area contributed by atoms with Crippen molar-refractivity contribution in [3.05, 3.63) is 52.5 Å². The zero-order valence-corrected chi connectivity index (χ0v) is 13.4. The molecule has 0 saturated carbocycles. The van der Waals surface area contributed by atoms with Gasteiger partial charge in [0.2, 0.25) is 0 Å². The van der Waals surface area contributed by atoms with E-state index >= 15 is 0 Å². The van der Waals surface area contributed by atoms with Gasteiger partial charge in [-0.25, -0.2) is 0 Å². The lowest BCUT2D eigenvalue weighted by molar-refractivity contribution is -0.118. The Morgan fingerprint density at radius 1 is 1.19 bits per heavy atom. The van der Waals surface area contributed by atoms with E-state index in [0.717, 1.165) is 10.0 Å². The molecule has 0 aromatic heterocycles. The molecule has 0 fully saturated rings. The molecule has 0 aliphatic rings. The van der Waals surface area contributed by atoms with Gasteiger partial charge in [0.25, 0.3) is 5.91 Å². The Morgan fingerprint density at radius 2 is 1.90 bits per heavy atom. The molecule has 0 spiro atoms. The van der Waals surface area contributed by atoms with E-state index in [4.69, 9.17) is 9.47 Å². The molecule has 0 aliphatic heterocycles. The lowest BCUT2D eigenvalue weighted by atomic mass is 10.2. The normalized spacial score (nSPS) is 10.0. The third-order valence-corrected chi connectivity index (χ3v) is 3.34. The lowest BCUT2D eigenvalue weighted by Gasteiger charge is -2.11. The van der Waals surface area contributed by atoms with Crippen LogP contribution in [0, 0.1) is 6.92 Å². The standard InChI is InChI=1S/C16H16BrNO3/c1-11-3-8-15(20-2)14(9-11)18-16(19)10-21-13-6-4-12(17)5-7-13/h3-9H,10H2,1-2H3,(H,18,19). The maximum Gasteiger partial charge on any atom is 0.262 e. The van der Waals surface area contributed by atoms with Crippen molar-refractivity contribution in [3.8, 4) is 11.5 Å². The fraction of sp³-hybridized carbons (Fsp3) is 0.188. The van der Waals surface area contributed by atoms with E-state index in [0.29, 0.717) is 17.2 Å². The first-order valence-electron chi connectivity index (χ1n) is 6.41. The average Bonchev–Trinajstić information content (AvgIpc) is 2.47. The molecule has 110 valence electrons. The molecule has 4 nitrogen and oxygen atoms in total. The third kappa shape index (κ3) is 4.49. The zero-order chi connectivity index (χ0) is 15.2. The maximum atomic E-state index is 11.9. The van der Waals surface area contributed by atoms with Crippen LogP contribution in [0.15, 0.2) is 46.9 Å². The topological polar surface area (TPSA) is 47.6 Å². The summed E-state index contributed by atoms with van der Waals surface area (Å²) in [5, 5.41) is 2.79. The molecule has 1 N–H and O–H groups in total. The first-order chi connectivity index (χ1) is 10.1. The van der Waals surface area contributed by atoms with Crippen molar-refractivity contribution in [3.63, 3.8) is 0 Å². The summed E-state index contributed by atoms with van der Waals surface area (Å²) in [5.41, 5.74) is 1.68. The quantitative estimate of drug-likeness (QED) is 0.893. The molecular weight excluding hydrogens is 334 g/mol. The second kappa shape index (κ2) is 7.13. The van der Waals surface area contributed by atoms with Crippen molar-refractivity contribution in [2.45, 2.75) is 6.92 Å². The van der Waals surface area contributed by atoms with Crippen LogP contribution < -0.4 is 14.8 Å². The number of carbonyl (C=O) groups is 1. The van der Waals surface area contributed by atoms with Gasteiger partial charge in [0.1, 0.15) is 11.5 Å². The van der Waals surface area contributed by atoms with Crippen LogP contribution in [0.1, 0.15) is 5.56 Å². The van der Waals surface area contributed by atoms with Crippen LogP contribution in [0.3, 0.4) is 0 Å². The molecule has 0 saturated heterocycles. The highest BCUT2D eigenvalue weighted by Gasteiger charge is 2.08. The van der Waals surface area contributed by atoms with E-state index < -0.39 is 0 Å². The smallest absolute Gasteiger partial charge is 0.262 e. The Balaban J connectivity index is 1.95. The number of halogens is 1. The molecule has 1 amide bonds. The Labute approximate surface area is 132 Å². The summed E-state index contributed by atoms with van der Waals surface area (Å²) < 4.78 is 11.6. The summed E-state index contributed by atoms with van der Waals surface area (Å²) in [4.78, 5) is 11.9. The van der Waals surface area contributed by atoms with Crippen molar-refractivity contribution in [1.82, 2.24) is 0 Å². The molecule has 0 atom stereocenters. The number of methoxy groups -OCH3 is 1. The van der Waals surface area contributed by atoms with Gasteiger partial charge in [0.15, 0.2) is 6.61 Å². The second-order valence-corrected chi connectivity index (χ2v) is 5.41. The van der Waals surface area contributed by atoms with Crippen LogP contribution in [0.25, 0.3) is 0 Å². The lowest BCUT2D eigenvalue weighted by Crippen LogP contribution is -2.20. The van der Waals surface area contributed by atoms with Gasteiger partial charge in [-0.2, -0.15) is 0 Å². The van der Waals surface area contributed by atoms with E-state index in [1.54, 1.807) is 19.2 Å². The van der Waals surface area contributed by atoms with Crippen molar-refractivity contribution < 1.29 is 14.3 Å². The molecule has 0 unspecified atom stereocenters. The van der Waals surface area contributed by atoms with E-state index in [1.807, 2.05) is 37.3 Å². The number of anilines is 1. The number of amides is 1. The van der Waals surface area contributed by atoms with Crippen molar-refractivity contribution in [1.29, 1.82) is 0 Å². The number of ether oxygens (including phenoxy) is 2.